The highest BCUT2D eigenvalue weighted by Gasteiger charge is 2.47. The third-order valence-electron chi connectivity index (χ3n) is 6.23. The second kappa shape index (κ2) is 8.89. The quantitative estimate of drug-likeness (QED) is 0.730. The molecule has 1 aromatic rings. The molecule has 1 aliphatic carbocycles. The molecule has 0 unspecified atom stereocenters. The topological polar surface area (TPSA) is 66.5 Å². The molecule has 2 fully saturated rings. The van der Waals surface area contributed by atoms with Crippen LogP contribution >= 0.6 is 0 Å². The number of amides is 3. The van der Waals surface area contributed by atoms with Gasteiger partial charge < -0.3 is 5.32 Å². The SMILES string of the molecule is CCc1ccc([C@H](NC(=O)CCN2C(=O)[C@H]3CCCC[C@H]3C2=O)C(C)C)cc1. The van der Waals surface area contributed by atoms with Crippen molar-refractivity contribution in [2.24, 2.45) is 17.8 Å². The summed E-state index contributed by atoms with van der Waals surface area (Å²) in [6.45, 7) is 6.47. The minimum Gasteiger partial charge on any atom is -0.349 e. The number of rotatable bonds is 7. The van der Waals surface area contributed by atoms with E-state index in [0.29, 0.717) is 0 Å². The third kappa shape index (κ3) is 4.29. The van der Waals surface area contributed by atoms with Crippen molar-refractivity contribution in [1.82, 2.24) is 10.2 Å². The Morgan fingerprint density at radius 1 is 1.07 bits per heavy atom. The Hall–Kier alpha value is -2.17. The van der Waals surface area contributed by atoms with Gasteiger partial charge in [-0.05, 0) is 36.3 Å². The van der Waals surface area contributed by atoms with Gasteiger partial charge in [0.05, 0.1) is 17.9 Å². The molecule has 1 saturated heterocycles. The standard InChI is InChI=1S/C23H32N2O3/c1-4-16-9-11-17(12-10-16)21(15(2)3)24-20(26)13-14-25-22(27)18-7-5-6-8-19(18)23(25)28/h9-12,15,18-19,21H,4-8,13-14H2,1-3H3,(H,24,26)/t18-,19+,21-/m1/s1. The lowest BCUT2D eigenvalue weighted by molar-refractivity contribution is -0.140. The molecule has 0 bridgehead atoms. The van der Waals surface area contributed by atoms with E-state index < -0.39 is 0 Å². The molecule has 1 aromatic carbocycles. The van der Waals surface area contributed by atoms with Crippen LogP contribution in [0.25, 0.3) is 0 Å². The van der Waals surface area contributed by atoms with E-state index in [2.05, 4.69) is 50.4 Å². The van der Waals surface area contributed by atoms with Crippen molar-refractivity contribution < 1.29 is 14.4 Å². The Labute approximate surface area is 167 Å². The molecular formula is C23H32N2O3. The molecule has 152 valence electrons. The Kier molecular flexibility index (Phi) is 6.53. The lowest BCUT2D eigenvalue weighted by atomic mass is 9.81. The number of hydrogen-bond acceptors (Lipinski definition) is 3. The van der Waals surface area contributed by atoms with E-state index >= 15 is 0 Å². The van der Waals surface area contributed by atoms with Crippen LogP contribution in [0.2, 0.25) is 0 Å². The van der Waals surface area contributed by atoms with Gasteiger partial charge in [0.15, 0.2) is 0 Å². The third-order valence-corrected chi connectivity index (χ3v) is 6.23. The van der Waals surface area contributed by atoms with E-state index in [1.54, 1.807) is 0 Å². The maximum Gasteiger partial charge on any atom is 0.233 e. The van der Waals surface area contributed by atoms with Crippen molar-refractivity contribution in [3.63, 3.8) is 0 Å². The van der Waals surface area contributed by atoms with Gasteiger partial charge in [0.25, 0.3) is 0 Å². The Bertz CT molecular complexity index is 702. The van der Waals surface area contributed by atoms with E-state index in [-0.39, 0.29) is 54.5 Å². The summed E-state index contributed by atoms with van der Waals surface area (Å²) in [6, 6.07) is 8.26. The number of carbonyl (C=O) groups is 3. The first kappa shape index (κ1) is 20.6. The molecule has 5 heteroatoms. The largest absolute Gasteiger partial charge is 0.349 e. The summed E-state index contributed by atoms with van der Waals surface area (Å²) in [6.07, 6.45) is 4.79. The van der Waals surface area contributed by atoms with E-state index in [1.807, 2.05) is 0 Å². The number of aryl methyl sites for hydroxylation is 1. The fourth-order valence-corrected chi connectivity index (χ4v) is 4.51. The fraction of sp³-hybridized carbons (Fsp3) is 0.609. The molecule has 2 aliphatic rings. The minimum atomic E-state index is -0.148. The van der Waals surface area contributed by atoms with Crippen molar-refractivity contribution in [2.75, 3.05) is 6.54 Å². The summed E-state index contributed by atoms with van der Waals surface area (Å²) >= 11 is 0. The van der Waals surface area contributed by atoms with Gasteiger partial charge in [-0.25, -0.2) is 0 Å². The predicted octanol–water partition coefficient (Wildman–Crippen LogP) is 3.63. The van der Waals surface area contributed by atoms with Crippen LogP contribution in [0.3, 0.4) is 0 Å². The van der Waals surface area contributed by atoms with Gasteiger partial charge in [-0.3, -0.25) is 19.3 Å². The van der Waals surface area contributed by atoms with Crippen LogP contribution in [0.1, 0.15) is 70.0 Å². The number of benzene rings is 1. The summed E-state index contributed by atoms with van der Waals surface area (Å²) in [5.41, 5.74) is 2.35. The summed E-state index contributed by atoms with van der Waals surface area (Å²) in [4.78, 5) is 39.0. The maximum absolute atomic E-state index is 12.6. The molecule has 1 N–H and O–H groups in total. The molecule has 3 rings (SSSR count). The highest BCUT2D eigenvalue weighted by Crippen LogP contribution is 2.38. The first-order chi connectivity index (χ1) is 13.4. The number of nitrogens with zero attached hydrogens (tertiary/aromatic N) is 1. The number of likely N-dealkylation sites (tertiary alicyclic amines) is 1. The number of hydrogen-bond donors (Lipinski definition) is 1. The zero-order chi connectivity index (χ0) is 20.3. The monoisotopic (exact) mass is 384 g/mol. The lowest BCUT2D eigenvalue weighted by Gasteiger charge is -2.24. The minimum absolute atomic E-state index is 0.0712. The van der Waals surface area contributed by atoms with Crippen LogP contribution in [0.5, 0.6) is 0 Å². The molecule has 28 heavy (non-hydrogen) atoms. The summed E-state index contributed by atoms with van der Waals surface area (Å²) in [7, 11) is 0. The molecule has 0 aromatic heterocycles. The smallest absolute Gasteiger partial charge is 0.233 e. The van der Waals surface area contributed by atoms with Gasteiger partial charge >= 0.3 is 0 Å². The van der Waals surface area contributed by atoms with Crippen molar-refractivity contribution in [2.45, 2.75) is 65.3 Å². The van der Waals surface area contributed by atoms with Crippen LogP contribution in [0.4, 0.5) is 0 Å². The molecule has 0 radical (unpaired) electrons. The van der Waals surface area contributed by atoms with Gasteiger partial charge in [-0.1, -0.05) is 57.9 Å². The number of carbonyl (C=O) groups excluding carboxylic acids is 3. The zero-order valence-corrected chi connectivity index (χ0v) is 17.2. The van der Waals surface area contributed by atoms with Gasteiger partial charge in [0.2, 0.25) is 17.7 Å². The van der Waals surface area contributed by atoms with Crippen molar-refractivity contribution in [3.8, 4) is 0 Å². The van der Waals surface area contributed by atoms with Crippen LogP contribution in [-0.4, -0.2) is 29.2 Å². The Balaban J connectivity index is 1.59. The molecule has 3 amide bonds. The fourth-order valence-electron chi connectivity index (χ4n) is 4.51. The summed E-state index contributed by atoms with van der Waals surface area (Å²) in [5, 5.41) is 3.10. The van der Waals surface area contributed by atoms with Crippen LogP contribution in [0, 0.1) is 17.8 Å². The summed E-state index contributed by atoms with van der Waals surface area (Å²) in [5.74, 6) is -0.311. The second-order valence-electron chi connectivity index (χ2n) is 8.46. The maximum atomic E-state index is 12.6. The molecule has 5 nitrogen and oxygen atoms in total. The predicted molar refractivity (Wildman–Crippen MR) is 108 cm³/mol. The number of fused-ring (bicyclic) bond motifs is 1. The summed E-state index contributed by atoms with van der Waals surface area (Å²) < 4.78 is 0. The molecule has 0 spiro atoms. The van der Waals surface area contributed by atoms with Gasteiger partial charge in [0, 0.05) is 13.0 Å². The number of imide groups is 1. The van der Waals surface area contributed by atoms with E-state index in [9.17, 15) is 14.4 Å². The average molecular weight is 385 g/mol. The molecule has 3 atom stereocenters. The highest BCUT2D eigenvalue weighted by molar-refractivity contribution is 6.05. The van der Waals surface area contributed by atoms with Crippen molar-refractivity contribution in [1.29, 1.82) is 0 Å². The normalized spacial score (nSPS) is 23.1. The molecule has 1 aliphatic heterocycles. The van der Waals surface area contributed by atoms with Crippen molar-refractivity contribution >= 4 is 17.7 Å². The highest BCUT2D eigenvalue weighted by atomic mass is 16.2. The van der Waals surface area contributed by atoms with Gasteiger partial charge in [0.1, 0.15) is 0 Å². The van der Waals surface area contributed by atoms with Crippen LogP contribution in [0.15, 0.2) is 24.3 Å². The zero-order valence-electron chi connectivity index (χ0n) is 17.2. The Morgan fingerprint density at radius 3 is 2.14 bits per heavy atom. The Morgan fingerprint density at radius 2 is 1.64 bits per heavy atom. The van der Waals surface area contributed by atoms with Crippen molar-refractivity contribution in [3.05, 3.63) is 35.4 Å². The van der Waals surface area contributed by atoms with Gasteiger partial charge in [-0.2, -0.15) is 0 Å². The van der Waals surface area contributed by atoms with E-state index in [4.69, 9.17) is 0 Å². The van der Waals surface area contributed by atoms with Crippen LogP contribution in [-0.2, 0) is 20.8 Å². The lowest BCUT2D eigenvalue weighted by Crippen LogP contribution is -2.37. The molecular weight excluding hydrogens is 352 g/mol. The first-order valence-electron chi connectivity index (χ1n) is 10.7. The molecule has 1 saturated carbocycles. The average Bonchev–Trinajstić information content (AvgIpc) is 2.95. The number of nitrogens with one attached hydrogen (secondary N) is 1. The van der Waals surface area contributed by atoms with Gasteiger partial charge in [-0.15, -0.1) is 0 Å². The van der Waals surface area contributed by atoms with Crippen LogP contribution < -0.4 is 5.32 Å². The van der Waals surface area contributed by atoms with E-state index in [1.165, 1.54) is 10.5 Å². The van der Waals surface area contributed by atoms with E-state index in [0.717, 1.165) is 37.7 Å². The molecule has 1 heterocycles. The second-order valence-corrected chi connectivity index (χ2v) is 8.46. The first-order valence-corrected chi connectivity index (χ1v) is 10.7.